The Morgan fingerprint density at radius 1 is 0.336 bits per heavy atom. The number of likely N-dealkylation sites (tertiary alicyclic amines) is 8. The lowest BCUT2D eigenvalue weighted by Gasteiger charge is -2.43. The van der Waals surface area contributed by atoms with Gasteiger partial charge in [-0.1, -0.05) is 47.9 Å². The van der Waals surface area contributed by atoms with Crippen LogP contribution in [0, 0.1) is 77.1 Å². The standard InChI is InChI=1S/4C22H28N4O3/c2*1-4-13-29-21(28)24-12-9-22(3,15-24)25-10-7-17(8-11-25)26-19-6-5-16(2)14-18(19)23-20(26)27;2*1-4-13-29-21(28)24-12-9-22(3,15-24)25-10-7-17(8-11-25)26-19-14-16(2)5-6-18(19)23-20(26)27/h4*1,5-6,14,17H,7-13,15H2,2-3H3,(H,23,27). The van der Waals surface area contributed by atoms with Crippen molar-refractivity contribution in [3.8, 4) is 49.4 Å². The maximum atomic E-state index is 12.6. The SMILES string of the molecule is C#CCOC(=O)N1CCC(C)(N2CCC(n3c(=O)[nH]c4cc(C)ccc43)CC2)C1.C#CCOC(=O)N1CCC(C)(N2CCC(n3c(=O)[nH]c4cc(C)ccc43)CC2)C1.C#CCOC(=O)N1CCC(C)(N2CCC(n3c(=O)[nH]c4ccc(C)cc43)CC2)C1.C#CCOC(=O)N1CCC(C)(N2CCC(n3c(=O)[nH]c4ccc(C)cc43)CC2)C1. The summed E-state index contributed by atoms with van der Waals surface area (Å²) in [4.78, 5) is 128. The molecule has 28 nitrogen and oxygen atoms in total. The number of piperidine rings is 4. The summed E-state index contributed by atoms with van der Waals surface area (Å²) in [7, 11) is 0. The second-order valence-electron chi connectivity index (χ2n) is 33.9. The van der Waals surface area contributed by atoms with E-state index in [0.717, 1.165) is 196 Å². The number of imidazole rings is 4. The molecule has 8 fully saturated rings. The smallest absolute Gasteiger partial charge is 0.410 e. The number of carbonyl (C=O) groups is 4. The average Bonchev–Trinajstić information content (AvgIpc) is 1.61. The van der Waals surface area contributed by atoms with E-state index in [-0.39, 0.29) is 120 Å². The van der Waals surface area contributed by atoms with Gasteiger partial charge in [-0.2, -0.15) is 0 Å². The fraction of sp³-hybridized carbons (Fsp3) is 0.545. The summed E-state index contributed by atoms with van der Waals surface area (Å²) < 4.78 is 28.0. The van der Waals surface area contributed by atoms with E-state index in [4.69, 9.17) is 44.6 Å². The van der Waals surface area contributed by atoms with E-state index in [9.17, 15) is 38.4 Å². The summed E-state index contributed by atoms with van der Waals surface area (Å²) in [5.74, 6) is 9.34. The van der Waals surface area contributed by atoms with Crippen LogP contribution < -0.4 is 22.8 Å². The van der Waals surface area contributed by atoms with Gasteiger partial charge >= 0.3 is 47.1 Å². The molecule has 8 aromatic rings. The Balaban J connectivity index is 0.000000135. The van der Waals surface area contributed by atoms with Crippen LogP contribution in [0.4, 0.5) is 19.2 Å². The van der Waals surface area contributed by atoms with Crippen molar-refractivity contribution in [1.29, 1.82) is 0 Å². The highest BCUT2D eigenvalue weighted by atomic mass is 16.6. The van der Waals surface area contributed by atoms with Crippen LogP contribution in [0.2, 0.25) is 0 Å². The van der Waals surface area contributed by atoms with Crippen molar-refractivity contribution < 1.29 is 38.1 Å². The predicted molar refractivity (Wildman–Crippen MR) is 448 cm³/mol. The fourth-order valence-corrected chi connectivity index (χ4v) is 19.3. The molecule has 8 aliphatic heterocycles. The lowest BCUT2D eigenvalue weighted by molar-refractivity contribution is 0.0650. The summed E-state index contributed by atoms with van der Waals surface area (Å²) in [6.45, 7) is 29.6. The van der Waals surface area contributed by atoms with Crippen molar-refractivity contribution in [3.05, 3.63) is 137 Å². The molecule has 616 valence electrons. The molecule has 12 heterocycles. The highest BCUT2D eigenvalue weighted by Gasteiger charge is 2.47. The number of nitrogens with one attached hydrogen (secondary N) is 4. The number of terminal acetylenes is 4. The highest BCUT2D eigenvalue weighted by Crippen LogP contribution is 2.40. The number of amides is 4. The molecule has 4 aromatic carbocycles. The Labute approximate surface area is 677 Å². The number of fused-ring (bicyclic) bond motifs is 4. The van der Waals surface area contributed by atoms with Crippen molar-refractivity contribution >= 4 is 68.5 Å². The van der Waals surface area contributed by atoms with Crippen molar-refractivity contribution in [2.45, 2.75) is 179 Å². The first-order chi connectivity index (χ1) is 55.6. The molecule has 4 atom stereocenters. The van der Waals surface area contributed by atoms with Gasteiger partial charge in [0.2, 0.25) is 0 Å². The second kappa shape index (κ2) is 35.3. The van der Waals surface area contributed by atoms with Crippen molar-refractivity contribution in [2.75, 3.05) is 131 Å². The lowest BCUT2D eigenvalue weighted by Crippen LogP contribution is -2.52. The molecule has 0 radical (unpaired) electrons. The van der Waals surface area contributed by atoms with Crippen LogP contribution >= 0.6 is 0 Å². The number of ether oxygens (including phenoxy) is 4. The van der Waals surface area contributed by atoms with Gasteiger partial charge in [-0.05, 0) is 203 Å². The van der Waals surface area contributed by atoms with Crippen LogP contribution in [0.1, 0.15) is 151 Å². The predicted octanol–water partition coefficient (Wildman–Crippen LogP) is 10.0. The van der Waals surface area contributed by atoms with Gasteiger partial charge in [0.15, 0.2) is 26.4 Å². The third kappa shape index (κ3) is 17.9. The summed E-state index contributed by atoms with van der Waals surface area (Å²) >= 11 is 0. The van der Waals surface area contributed by atoms with E-state index in [1.807, 2.05) is 94.5 Å². The molecule has 0 spiro atoms. The maximum Gasteiger partial charge on any atom is 0.410 e. The van der Waals surface area contributed by atoms with Crippen LogP contribution in [-0.4, -0.2) is 255 Å². The number of aryl methyl sites for hydroxylation is 4. The number of H-pyrrole nitrogens is 4. The normalized spacial score (nSPS) is 23.4. The van der Waals surface area contributed by atoms with E-state index in [1.54, 1.807) is 19.6 Å². The van der Waals surface area contributed by atoms with Gasteiger partial charge in [0.05, 0.1) is 44.1 Å². The fourth-order valence-electron chi connectivity index (χ4n) is 19.3. The summed E-state index contributed by atoms with van der Waals surface area (Å²) in [5.41, 5.74) is 11.7. The highest BCUT2D eigenvalue weighted by molar-refractivity contribution is 5.79. The molecule has 4 amide bonds. The van der Waals surface area contributed by atoms with E-state index in [0.29, 0.717) is 52.4 Å². The van der Waals surface area contributed by atoms with E-state index in [2.05, 4.69) is 115 Å². The largest absolute Gasteiger partial charge is 0.436 e. The Bertz CT molecular complexity index is 5020. The van der Waals surface area contributed by atoms with Gasteiger partial charge in [0, 0.05) is 151 Å². The zero-order chi connectivity index (χ0) is 82.4. The van der Waals surface area contributed by atoms with Crippen molar-refractivity contribution in [2.24, 2.45) is 0 Å². The third-order valence-electron chi connectivity index (χ3n) is 25.8. The molecule has 4 aromatic heterocycles. The molecule has 116 heavy (non-hydrogen) atoms. The minimum absolute atomic E-state index is 0.0102. The summed E-state index contributed by atoms with van der Waals surface area (Å²) in [5, 5.41) is 0. The molecule has 4 N–H and O–H groups in total. The van der Waals surface area contributed by atoms with Gasteiger partial charge in [0.25, 0.3) is 0 Å². The minimum atomic E-state index is -0.331. The molecule has 8 aliphatic rings. The average molecular weight is 1590 g/mol. The molecular formula is C88H112N16O12. The summed E-state index contributed by atoms with van der Waals surface area (Å²) in [6, 6.07) is 25.1. The number of aromatic nitrogens is 8. The van der Waals surface area contributed by atoms with Crippen LogP contribution in [-0.2, 0) is 18.9 Å². The second-order valence-corrected chi connectivity index (χ2v) is 33.9. The molecule has 0 bridgehead atoms. The molecule has 28 heteroatoms. The first-order valence-electron chi connectivity index (χ1n) is 40.9. The number of hydrogen-bond donors (Lipinski definition) is 4. The van der Waals surface area contributed by atoms with E-state index in [1.165, 1.54) is 0 Å². The van der Waals surface area contributed by atoms with Crippen molar-refractivity contribution in [3.63, 3.8) is 0 Å². The Kier molecular flexibility index (Phi) is 25.3. The number of benzene rings is 4. The number of nitrogens with zero attached hydrogens (tertiary/aromatic N) is 12. The monoisotopic (exact) mass is 1580 g/mol. The topological polar surface area (TPSA) is 282 Å². The van der Waals surface area contributed by atoms with E-state index >= 15 is 0 Å². The molecular weight excluding hydrogens is 1470 g/mol. The zero-order valence-corrected chi connectivity index (χ0v) is 68.4. The first-order valence-corrected chi connectivity index (χ1v) is 40.9. The number of aromatic amines is 4. The quantitative estimate of drug-likeness (QED) is 0.0654. The Hall–Kier alpha value is -10.9. The van der Waals surface area contributed by atoms with Crippen LogP contribution in [0.25, 0.3) is 44.1 Å². The van der Waals surface area contributed by atoms with Gasteiger partial charge < -0.3 is 58.5 Å². The number of rotatable bonds is 12. The maximum absolute atomic E-state index is 12.6. The number of carbonyl (C=O) groups excluding carboxylic acids is 4. The Morgan fingerprint density at radius 3 is 0.810 bits per heavy atom. The Morgan fingerprint density at radius 2 is 0.560 bits per heavy atom. The summed E-state index contributed by atoms with van der Waals surface area (Å²) in [6.07, 6.45) is 30.3. The van der Waals surface area contributed by atoms with Crippen molar-refractivity contribution in [1.82, 2.24) is 77.4 Å². The van der Waals surface area contributed by atoms with Gasteiger partial charge in [-0.25, -0.2) is 38.4 Å². The zero-order valence-electron chi connectivity index (χ0n) is 68.4. The van der Waals surface area contributed by atoms with Gasteiger partial charge in [0.1, 0.15) is 0 Å². The van der Waals surface area contributed by atoms with Crippen LogP contribution in [0.3, 0.4) is 0 Å². The molecule has 0 aliphatic carbocycles. The lowest BCUT2D eigenvalue weighted by atomic mass is 9.93. The molecule has 4 unspecified atom stereocenters. The van der Waals surface area contributed by atoms with Crippen LogP contribution in [0.5, 0.6) is 0 Å². The molecule has 16 rings (SSSR count). The molecule has 0 saturated carbocycles. The minimum Gasteiger partial charge on any atom is -0.436 e. The van der Waals surface area contributed by atoms with Gasteiger partial charge in [-0.3, -0.25) is 37.9 Å². The van der Waals surface area contributed by atoms with E-state index < -0.39 is 0 Å². The first kappa shape index (κ1) is 83.1. The third-order valence-corrected chi connectivity index (χ3v) is 25.8. The number of hydrogen-bond acceptors (Lipinski definition) is 16. The van der Waals surface area contributed by atoms with Gasteiger partial charge in [-0.15, -0.1) is 25.7 Å². The molecule has 8 saturated heterocycles. The van der Waals surface area contributed by atoms with Crippen LogP contribution in [0.15, 0.2) is 92.0 Å².